The molecule has 0 radical (unpaired) electrons. The van der Waals surface area contributed by atoms with Crippen LogP contribution in [0.25, 0.3) is 0 Å². The minimum absolute atomic E-state index is 0.0229. The summed E-state index contributed by atoms with van der Waals surface area (Å²) in [4.78, 5) is 14.5. The van der Waals surface area contributed by atoms with E-state index in [9.17, 15) is 26.4 Å². The number of nitrogens with one attached hydrogen (secondary N) is 1. The summed E-state index contributed by atoms with van der Waals surface area (Å²) < 4.78 is 66.4. The van der Waals surface area contributed by atoms with E-state index >= 15 is 0 Å². The molecular formula is C20H22F3N3O3S. The molecule has 0 spiro atoms. The highest BCUT2D eigenvalue weighted by atomic mass is 32.2. The van der Waals surface area contributed by atoms with Crippen LogP contribution in [-0.2, 0) is 16.2 Å². The molecule has 1 fully saturated rings. The van der Waals surface area contributed by atoms with Gasteiger partial charge in [-0.05, 0) is 49.9 Å². The number of amides is 1. The second kappa shape index (κ2) is 8.37. The molecule has 10 heteroatoms. The number of anilines is 1. The Hall–Kier alpha value is -2.43. The van der Waals surface area contributed by atoms with Crippen LogP contribution in [0.5, 0.6) is 0 Å². The van der Waals surface area contributed by atoms with Gasteiger partial charge in [0.2, 0.25) is 10.0 Å². The van der Waals surface area contributed by atoms with Crippen LogP contribution in [0.1, 0.15) is 21.5 Å². The molecular weight excluding hydrogens is 419 g/mol. The molecule has 0 unspecified atom stereocenters. The van der Waals surface area contributed by atoms with E-state index in [2.05, 4.69) is 5.32 Å². The van der Waals surface area contributed by atoms with Crippen LogP contribution >= 0.6 is 0 Å². The third kappa shape index (κ3) is 4.82. The van der Waals surface area contributed by atoms with E-state index in [0.29, 0.717) is 26.2 Å². The number of likely N-dealkylation sites (N-methyl/N-ethyl adjacent to an activating group) is 1. The quantitative estimate of drug-likeness (QED) is 0.791. The summed E-state index contributed by atoms with van der Waals surface area (Å²) >= 11 is 0. The standard InChI is InChI=1S/C20H22F3N3O3S/c1-14-6-7-16(13-18(14)20(21,22)23)24-19(27)15-4-3-5-17(12-15)30(28,29)26-10-8-25(2)9-11-26/h3-7,12-13H,8-11H2,1-2H3,(H,24,27). The predicted molar refractivity (Wildman–Crippen MR) is 107 cm³/mol. The second-order valence-electron chi connectivity index (χ2n) is 7.22. The van der Waals surface area contributed by atoms with Crippen molar-refractivity contribution >= 4 is 21.6 Å². The molecule has 3 rings (SSSR count). The van der Waals surface area contributed by atoms with Crippen LogP contribution in [0, 0.1) is 6.92 Å². The first-order chi connectivity index (χ1) is 14.0. The molecule has 30 heavy (non-hydrogen) atoms. The van der Waals surface area contributed by atoms with Gasteiger partial charge in [-0.1, -0.05) is 12.1 Å². The zero-order chi connectivity index (χ0) is 22.1. The van der Waals surface area contributed by atoms with Crippen molar-refractivity contribution in [2.45, 2.75) is 18.0 Å². The van der Waals surface area contributed by atoms with Gasteiger partial charge in [0.25, 0.3) is 5.91 Å². The molecule has 2 aromatic rings. The van der Waals surface area contributed by atoms with Gasteiger partial charge < -0.3 is 10.2 Å². The number of hydrogen-bond donors (Lipinski definition) is 1. The molecule has 1 heterocycles. The molecule has 0 saturated carbocycles. The SMILES string of the molecule is Cc1ccc(NC(=O)c2cccc(S(=O)(=O)N3CCN(C)CC3)c2)cc1C(F)(F)F. The topological polar surface area (TPSA) is 69.7 Å². The Morgan fingerprint density at radius 2 is 1.70 bits per heavy atom. The van der Waals surface area contributed by atoms with Gasteiger partial charge in [-0.25, -0.2) is 8.42 Å². The van der Waals surface area contributed by atoms with Gasteiger partial charge in [0, 0.05) is 37.4 Å². The largest absolute Gasteiger partial charge is 0.416 e. The van der Waals surface area contributed by atoms with E-state index in [4.69, 9.17) is 0 Å². The van der Waals surface area contributed by atoms with Gasteiger partial charge in [0.05, 0.1) is 10.5 Å². The molecule has 1 aliphatic heterocycles. The van der Waals surface area contributed by atoms with Gasteiger partial charge in [0.1, 0.15) is 0 Å². The number of alkyl halides is 3. The van der Waals surface area contributed by atoms with Crippen molar-refractivity contribution in [1.29, 1.82) is 0 Å². The summed E-state index contributed by atoms with van der Waals surface area (Å²) in [6.07, 6.45) is -4.54. The van der Waals surface area contributed by atoms with Crippen LogP contribution in [-0.4, -0.2) is 56.8 Å². The molecule has 0 atom stereocenters. The van der Waals surface area contributed by atoms with Gasteiger partial charge in [0.15, 0.2) is 0 Å². The number of halogens is 3. The third-order valence-corrected chi connectivity index (χ3v) is 6.89. The van der Waals surface area contributed by atoms with E-state index in [1.165, 1.54) is 47.6 Å². The first kappa shape index (κ1) is 22.3. The van der Waals surface area contributed by atoms with Gasteiger partial charge in [-0.15, -0.1) is 0 Å². The number of rotatable bonds is 4. The van der Waals surface area contributed by atoms with Crippen LogP contribution in [0.15, 0.2) is 47.4 Å². The number of benzene rings is 2. The Morgan fingerprint density at radius 3 is 2.33 bits per heavy atom. The number of carbonyl (C=O) groups excluding carboxylic acids is 1. The molecule has 1 aliphatic rings. The molecule has 162 valence electrons. The Kier molecular flexibility index (Phi) is 6.21. The molecule has 0 aromatic heterocycles. The molecule has 1 N–H and O–H groups in total. The highest BCUT2D eigenvalue weighted by Crippen LogP contribution is 2.33. The van der Waals surface area contributed by atoms with Crippen molar-refractivity contribution < 1.29 is 26.4 Å². The minimum atomic E-state index is -4.54. The number of nitrogens with zero attached hydrogens (tertiary/aromatic N) is 2. The Balaban J connectivity index is 1.82. The highest BCUT2D eigenvalue weighted by molar-refractivity contribution is 7.89. The lowest BCUT2D eigenvalue weighted by Gasteiger charge is -2.31. The summed E-state index contributed by atoms with van der Waals surface area (Å²) in [7, 11) is -1.86. The van der Waals surface area contributed by atoms with Crippen molar-refractivity contribution in [3.63, 3.8) is 0 Å². The van der Waals surface area contributed by atoms with E-state index in [1.807, 2.05) is 11.9 Å². The monoisotopic (exact) mass is 441 g/mol. The van der Waals surface area contributed by atoms with Crippen LogP contribution in [0.2, 0.25) is 0 Å². The number of aryl methyl sites for hydroxylation is 1. The second-order valence-corrected chi connectivity index (χ2v) is 9.15. The number of sulfonamides is 1. The first-order valence-corrected chi connectivity index (χ1v) is 10.7. The van der Waals surface area contributed by atoms with Crippen LogP contribution in [0.4, 0.5) is 18.9 Å². The molecule has 0 aliphatic carbocycles. The van der Waals surface area contributed by atoms with Crippen molar-refractivity contribution in [3.05, 3.63) is 59.2 Å². The van der Waals surface area contributed by atoms with Crippen molar-refractivity contribution in [1.82, 2.24) is 9.21 Å². The average Bonchev–Trinajstić information content (AvgIpc) is 2.69. The lowest BCUT2D eigenvalue weighted by Crippen LogP contribution is -2.47. The van der Waals surface area contributed by atoms with Gasteiger partial charge in [-0.3, -0.25) is 4.79 Å². The van der Waals surface area contributed by atoms with E-state index in [-0.39, 0.29) is 21.7 Å². The van der Waals surface area contributed by atoms with Crippen LogP contribution < -0.4 is 5.32 Å². The maximum Gasteiger partial charge on any atom is 0.416 e. The zero-order valence-electron chi connectivity index (χ0n) is 16.5. The summed E-state index contributed by atoms with van der Waals surface area (Å²) in [6, 6.07) is 8.99. The van der Waals surface area contributed by atoms with Crippen LogP contribution in [0.3, 0.4) is 0 Å². The van der Waals surface area contributed by atoms with Crippen molar-refractivity contribution in [2.24, 2.45) is 0 Å². The van der Waals surface area contributed by atoms with Crippen molar-refractivity contribution in [2.75, 3.05) is 38.5 Å². The van der Waals surface area contributed by atoms with E-state index in [1.54, 1.807) is 0 Å². The Morgan fingerprint density at radius 1 is 1.03 bits per heavy atom. The maximum atomic E-state index is 13.1. The van der Waals surface area contributed by atoms with Crippen molar-refractivity contribution in [3.8, 4) is 0 Å². The van der Waals surface area contributed by atoms with Gasteiger partial charge in [-0.2, -0.15) is 17.5 Å². The normalized spacial score (nSPS) is 16.4. The summed E-state index contributed by atoms with van der Waals surface area (Å²) in [6.45, 7) is 3.24. The maximum absolute atomic E-state index is 13.1. The minimum Gasteiger partial charge on any atom is -0.322 e. The van der Waals surface area contributed by atoms with E-state index in [0.717, 1.165) is 6.07 Å². The number of carbonyl (C=O) groups is 1. The molecule has 0 bridgehead atoms. The smallest absolute Gasteiger partial charge is 0.322 e. The third-order valence-electron chi connectivity index (χ3n) is 5.00. The zero-order valence-corrected chi connectivity index (χ0v) is 17.3. The lowest BCUT2D eigenvalue weighted by molar-refractivity contribution is -0.138. The number of piperazine rings is 1. The summed E-state index contributed by atoms with van der Waals surface area (Å²) in [5.74, 6) is -0.692. The summed E-state index contributed by atoms with van der Waals surface area (Å²) in [5, 5.41) is 2.41. The number of hydrogen-bond acceptors (Lipinski definition) is 4. The van der Waals surface area contributed by atoms with Gasteiger partial charge >= 0.3 is 6.18 Å². The lowest BCUT2D eigenvalue weighted by atomic mass is 10.1. The molecule has 6 nitrogen and oxygen atoms in total. The average molecular weight is 441 g/mol. The fraction of sp³-hybridized carbons (Fsp3) is 0.350. The molecule has 2 aromatic carbocycles. The van der Waals surface area contributed by atoms with E-state index < -0.39 is 27.7 Å². The summed E-state index contributed by atoms with van der Waals surface area (Å²) in [5.41, 5.74) is -0.781. The first-order valence-electron chi connectivity index (χ1n) is 9.26. The Labute approximate surface area is 173 Å². The highest BCUT2D eigenvalue weighted by Gasteiger charge is 2.32. The fourth-order valence-corrected chi connectivity index (χ4v) is 4.65. The fourth-order valence-electron chi connectivity index (χ4n) is 3.18. The Bertz CT molecular complexity index is 1050. The molecule has 1 amide bonds. The predicted octanol–water partition coefficient (Wildman–Crippen LogP) is 3.20. The molecule has 1 saturated heterocycles.